The van der Waals surface area contributed by atoms with Gasteiger partial charge in [-0.1, -0.05) is 12.1 Å². The summed E-state index contributed by atoms with van der Waals surface area (Å²) in [5, 5.41) is 1.98. The maximum Gasteiger partial charge on any atom is 0.416 e. The molecule has 4 nitrogen and oxygen atoms in total. The average molecular weight is 394 g/mol. The monoisotopic (exact) mass is 394 g/mol. The lowest BCUT2D eigenvalue weighted by molar-refractivity contribution is -0.914. The Bertz CT molecular complexity index is 884. The van der Waals surface area contributed by atoms with Crippen molar-refractivity contribution in [1.29, 1.82) is 0 Å². The van der Waals surface area contributed by atoms with E-state index in [0.717, 1.165) is 36.3 Å². The third-order valence-corrected chi connectivity index (χ3v) is 5.58. The van der Waals surface area contributed by atoms with Gasteiger partial charge in [0.25, 0.3) is 0 Å². The zero-order valence-electron chi connectivity index (χ0n) is 14.5. The van der Waals surface area contributed by atoms with Crippen LogP contribution in [-0.2, 0) is 12.7 Å². The lowest BCUT2D eigenvalue weighted by atomic mass is 10.1. The van der Waals surface area contributed by atoms with Crippen LogP contribution in [0.15, 0.2) is 52.5 Å². The molecule has 0 aliphatic carbocycles. The molecule has 0 unspecified atom stereocenters. The number of oxazole rings is 1. The van der Waals surface area contributed by atoms with Crippen molar-refractivity contribution in [2.45, 2.75) is 12.7 Å². The Kier molecular flexibility index (Phi) is 4.92. The molecule has 0 amide bonds. The van der Waals surface area contributed by atoms with Gasteiger partial charge < -0.3 is 14.2 Å². The molecule has 1 aromatic carbocycles. The molecular formula is C19H19F3N3OS+. The van der Waals surface area contributed by atoms with Gasteiger partial charge in [0.1, 0.15) is 18.5 Å². The number of rotatable bonds is 4. The van der Waals surface area contributed by atoms with Gasteiger partial charge in [-0.3, -0.25) is 0 Å². The van der Waals surface area contributed by atoms with Crippen LogP contribution >= 0.6 is 11.3 Å². The van der Waals surface area contributed by atoms with Crippen molar-refractivity contribution in [2.75, 3.05) is 31.1 Å². The van der Waals surface area contributed by atoms with Gasteiger partial charge >= 0.3 is 6.18 Å². The summed E-state index contributed by atoms with van der Waals surface area (Å²) >= 11 is 1.59. The van der Waals surface area contributed by atoms with Crippen LogP contribution in [0.3, 0.4) is 0 Å². The van der Waals surface area contributed by atoms with Crippen molar-refractivity contribution < 1.29 is 22.5 Å². The number of hydrogen-bond acceptors (Lipinski definition) is 4. The summed E-state index contributed by atoms with van der Waals surface area (Å²) in [6.45, 7) is 3.87. The first kappa shape index (κ1) is 18.1. The predicted octanol–water partition coefficient (Wildman–Crippen LogP) is 3.33. The highest BCUT2D eigenvalue weighted by molar-refractivity contribution is 7.13. The Balaban J connectivity index is 1.36. The van der Waals surface area contributed by atoms with Crippen molar-refractivity contribution >= 4 is 17.0 Å². The summed E-state index contributed by atoms with van der Waals surface area (Å²) in [5.41, 5.74) is 0.935. The highest BCUT2D eigenvalue weighted by atomic mass is 32.1. The van der Waals surface area contributed by atoms with Crippen LogP contribution in [-0.4, -0.2) is 31.2 Å². The Hall–Kier alpha value is -2.32. The van der Waals surface area contributed by atoms with E-state index in [-0.39, 0.29) is 0 Å². The molecule has 0 radical (unpaired) electrons. The zero-order chi connectivity index (χ0) is 18.9. The molecule has 0 spiro atoms. The molecule has 1 aliphatic heterocycles. The quantitative estimate of drug-likeness (QED) is 0.737. The predicted molar refractivity (Wildman–Crippen MR) is 97.9 cm³/mol. The summed E-state index contributed by atoms with van der Waals surface area (Å²) < 4.78 is 44.3. The number of thiophene rings is 1. The van der Waals surface area contributed by atoms with E-state index in [0.29, 0.717) is 24.7 Å². The third kappa shape index (κ3) is 4.17. The first-order valence-electron chi connectivity index (χ1n) is 8.73. The van der Waals surface area contributed by atoms with Crippen LogP contribution in [0.25, 0.3) is 10.8 Å². The number of alkyl halides is 3. The Morgan fingerprint density at radius 1 is 1.15 bits per heavy atom. The van der Waals surface area contributed by atoms with Crippen molar-refractivity contribution in [1.82, 2.24) is 4.98 Å². The van der Waals surface area contributed by atoms with E-state index >= 15 is 0 Å². The molecule has 142 valence electrons. The second kappa shape index (κ2) is 7.36. The van der Waals surface area contributed by atoms with Gasteiger partial charge in [-0.2, -0.15) is 13.2 Å². The fourth-order valence-corrected chi connectivity index (χ4v) is 3.95. The Morgan fingerprint density at radius 3 is 2.67 bits per heavy atom. The van der Waals surface area contributed by atoms with Crippen LogP contribution in [0.2, 0.25) is 0 Å². The van der Waals surface area contributed by atoms with E-state index in [4.69, 9.17) is 4.42 Å². The second-order valence-electron chi connectivity index (χ2n) is 6.58. The average Bonchev–Trinajstić information content (AvgIpc) is 3.33. The van der Waals surface area contributed by atoms with E-state index in [9.17, 15) is 13.2 Å². The minimum Gasteiger partial charge on any atom is -0.443 e. The first-order chi connectivity index (χ1) is 13.0. The molecule has 0 atom stereocenters. The highest BCUT2D eigenvalue weighted by Gasteiger charge is 2.31. The van der Waals surface area contributed by atoms with Crippen molar-refractivity contribution in [3.05, 3.63) is 59.3 Å². The van der Waals surface area contributed by atoms with Gasteiger partial charge in [-0.15, -0.1) is 11.3 Å². The summed E-state index contributed by atoms with van der Waals surface area (Å²) in [5.74, 6) is 0.641. The highest BCUT2D eigenvalue weighted by Crippen LogP contribution is 2.31. The van der Waals surface area contributed by atoms with E-state index in [2.05, 4.69) is 4.98 Å². The molecule has 0 saturated carbocycles. The third-order valence-electron chi connectivity index (χ3n) is 4.72. The lowest BCUT2D eigenvalue weighted by Gasteiger charge is -2.33. The molecule has 0 bridgehead atoms. The summed E-state index contributed by atoms with van der Waals surface area (Å²) in [7, 11) is 0. The van der Waals surface area contributed by atoms with Crippen LogP contribution in [0.1, 0.15) is 11.3 Å². The molecule has 3 heterocycles. The van der Waals surface area contributed by atoms with E-state index in [1.54, 1.807) is 23.7 Å². The lowest BCUT2D eigenvalue weighted by Crippen LogP contribution is -3.13. The standard InChI is InChI=1S/C19H18F3N3OS/c20-19(21,22)14-3-1-4-16(11-14)25-8-6-24(7-9-25)12-15-13-26-18(23-15)17-5-2-10-27-17/h1-5,10-11,13H,6-9,12H2/p+1. The van der Waals surface area contributed by atoms with E-state index < -0.39 is 11.7 Å². The number of benzene rings is 1. The number of nitrogens with one attached hydrogen (secondary N) is 1. The maximum atomic E-state index is 12.9. The second-order valence-corrected chi connectivity index (χ2v) is 7.53. The number of halogens is 3. The first-order valence-corrected chi connectivity index (χ1v) is 9.61. The molecule has 1 aliphatic rings. The molecule has 2 aromatic heterocycles. The fraction of sp³-hybridized carbons (Fsp3) is 0.316. The normalized spacial score (nSPS) is 16.0. The number of quaternary nitrogens is 1. The molecular weight excluding hydrogens is 375 g/mol. The Labute approximate surface area is 158 Å². The minimum atomic E-state index is -4.31. The molecule has 1 fully saturated rings. The van der Waals surface area contributed by atoms with Gasteiger partial charge in [-0.05, 0) is 29.6 Å². The van der Waals surface area contributed by atoms with E-state index in [1.807, 2.05) is 22.4 Å². The van der Waals surface area contributed by atoms with Gasteiger partial charge in [-0.25, -0.2) is 4.98 Å². The number of hydrogen-bond donors (Lipinski definition) is 1. The van der Waals surface area contributed by atoms with E-state index in [1.165, 1.54) is 17.0 Å². The summed E-state index contributed by atoms with van der Waals surface area (Å²) in [6, 6.07) is 9.49. The number of piperazine rings is 1. The Morgan fingerprint density at radius 2 is 1.96 bits per heavy atom. The zero-order valence-corrected chi connectivity index (χ0v) is 15.3. The molecule has 3 aromatic rings. The van der Waals surface area contributed by atoms with Crippen LogP contribution in [0.4, 0.5) is 18.9 Å². The van der Waals surface area contributed by atoms with Crippen LogP contribution < -0.4 is 9.80 Å². The largest absolute Gasteiger partial charge is 0.443 e. The van der Waals surface area contributed by atoms with Gasteiger partial charge in [0.05, 0.1) is 36.6 Å². The van der Waals surface area contributed by atoms with Crippen LogP contribution in [0.5, 0.6) is 0 Å². The fourth-order valence-electron chi connectivity index (χ4n) is 3.29. The number of aromatic nitrogens is 1. The number of nitrogens with zero attached hydrogens (tertiary/aromatic N) is 2. The smallest absolute Gasteiger partial charge is 0.416 e. The van der Waals surface area contributed by atoms with Crippen molar-refractivity contribution in [3.63, 3.8) is 0 Å². The SMILES string of the molecule is FC(F)(F)c1cccc(N2CC[NH+](Cc3coc(-c4cccs4)n3)CC2)c1. The molecule has 1 saturated heterocycles. The van der Waals surface area contributed by atoms with Gasteiger partial charge in [0.15, 0.2) is 0 Å². The topological polar surface area (TPSA) is 33.7 Å². The van der Waals surface area contributed by atoms with Crippen molar-refractivity contribution in [2.24, 2.45) is 0 Å². The molecule has 4 rings (SSSR count). The summed E-state index contributed by atoms with van der Waals surface area (Å²) in [6.07, 6.45) is -2.61. The van der Waals surface area contributed by atoms with Gasteiger partial charge in [0, 0.05) is 5.69 Å². The minimum absolute atomic E-state index is 0.599. The van der Waals surface area contributed by atoms with Crippen molar-refractivity contribution in [3.8, 4) is 10.8 Å². The van der Waals surface area contributed by atoms with Gasteiger partial charge in [0.2, 0.25) is 5.89 Å². The molecule has 1 N–H and O–H groups in total. The molecule has 8 heteroatoms. The molecule has 27 heavy (non-hydrogen) atoms. The van der Waals surface area contributed by atoms with Crippen LogP contribution in [0, 0.1) is 0 Å². The number of anilines is 1. The summed E-state index contributed by atoms with van der Waals surface area (Å²) in [4.78, 5) is 8.92. The maximum absolute atomic E-state index is 12.9.